The van der Waals surface area contributed by atoms with Crippen molar-refractivity contribution in [1.29, 1.82) is 0 Å². The van der Waals surface area contributed by atoms with Gasteiger partial charge in [0.15, 0.2) is 5.82 Å². The van der Waals surface area contributed by atoms with Crippen molar-refractivity contribution in [3.8, 4) is 16.9 Å². The molecular weight excluding hydrogens is 416 g/mol. The van der Waals surface area contributed by atoms with Gasteiger partial charge >= 0.3 is 0 Å². The van der Waals surface area contributed by atoms with Gasteiger partial charge in [0.25, 0.3) is 5.56 Å². The molecule has 0 bridgehead atoms. The Kier molecular flexibility index (Phi) is 5.03. The molecule has 1 saturated carbocycles. The van der Waals surface area contributed by atoms with Crippen LogP contribution in [-0.2, 0) is 4.79 Å². The number of aromatic nitrogens is 2. The molecule has 2 aromatic carbocycles. The van der Waals surface area contributed by atoms with Crippen molar-refractivity contribution in [2.24, 2.45) is 11.7 Å². The van der Waals surface area contributed by atoms with Crippen LogP contribution in [0, 0.1) is 17.6 Å². The Bertz CT molecular complexity index is 1250. The first-order valence-corrected chi connectivity index (χ1v) is 9.50. The summed E-state index contributed by atoms with van der Waals surface area (Å²) >= 11 is 6.19. The number of rotatable bonds is 4. The molecule has 9 heteroatoms. The summed E-state index contributed by atoms with van der Waals surface area (Å²) in [5.74, 6) is -2.75. The average molecular weight is 432 g/mol. The Morgan fingerprint density at radius 3 is 2.70 bits per heavy atom. The highest BCUT2D eigenvalue weighted by Crippen LogP contribution is 2.41. The zero-order valence-corrected chi connectivity index (χ0v) is 16.2. The van der Waals surface area contributed by atoms with E-state index in [2.05, 4.69) is 4.98 Å². The van der Waals surface area contributed by atoms with E-state index in [0.29, 0.717) is 12.8 Å². The molecule has 4 rings (SSSR count). The van der Waals surface area contributed by atoms with E-state index >= 15 is 4.39 Å². The molecule has 0 atom stereocenters. The van der Waals surface area contributed by atoms with Crippen molar-refractivity contribution >= 4 is 28.4 Å². The molecule has 1 heterocycles. The fourth-order valence-corrected chi connectivity index (χ4v) is 3.99. The van der Waals surface area contributed by atoms with Gasteiger partial charge in [-0.25, -0.2) is 13.8 Å². The highest BCUT2D eigenvalue weighted by Gasteiger charge is 2.30. The van der Waals surface area contributed by atoms with Crippen LogP contribution in [0.4, 0.5) is 8.78 Å². The van der Waals surface area contributed by atoms with Gasteiger partial charge in [0.05, 0.1) is 22.3 Å². The number of hydrogen-bond donors (Lipinski definition) is 2. The van der Waals surface area contributed by atoms with Gasteiger partial charge in [-0.1, -0.05) is 23.7 Å². The summed E-state index contributed by atoms with van der Waals surface area (Å²) in [6, 6.07) is 4.64. The minimum atomic E-state index is -0.988. The van der Waals surface area contributed by atoms with Gasteiger partial charge in [0, 0.05) is 11.6 Å². The van der Waals surface area contributed by atoms with Crippen molar-refractivity contribution in [2.75, 3.05) is 0 Å². The maximum Gasteiger partial charge on any atom is 0.261 e. The van der Waals surface area contributed by atoms with Gasteiger partial charge in [0.1, 0.15) is 17.1 Å². The number of carbonyl (C=O) groups is 1. The number of phenolic OH excluding ortho intramolecular Hbond substituents is 1. The van der Waals surface area contributed by atoms with Gasteiger partial charge in [-0.2, -0.15) is 0 Å². The van der Waals surface area contributed by atoms with Crippen molar-refractivity contribution in [3.63, 3.8) is 0 Å². The van der Waals surface area contributed by atoms with Crippen molar-refractivity contribution in [2.45, 2.75) is 18.9 Å². The highest BCUT2D eigenvalue weighted by atomic mass is 35.5. The molecule has 0 spiro atoms. The maximum absolute atomic E-state index is 15.2. The maximum atomic E-state index is 15.2. The van der Waals surface area contributed by atoms with E-state index in [1.807, 2.05) is 0 Å². The number of benzene rings is 2. The zero-order valence-electron chi connectivity index (χ0n) is 15.5. The Hall–Kier alpha value is -3.26. The van der Waals surface area contributed by atoms with E-state index in [0.717, 1.165) is 6.07 Å². The third-order valence-electron chi connectivity index (χ3n) is 5.29. The Morgan fingerprint density at radius 1 is 1.30 bits per heavy atom. The van der Waals surface area contributed by atoms with Crippen LogP contribution in [0.1, 0.15) is 18.9 Å². The lowest BCUT2D eigenvalue weighted by Gasteiger charge is -2.34. The van der Waals surface area contributed by atoms with E-state index < -0.39 is 34.4 Å². The molecule has 3 aromatic rings. The molecule has 0 aliphatic heterocycles. The van der Waals surface area contributed by atoms with Gasteiger partial charge in [-0.15, -0.1) is 0 Å². The second-order valence-corrected chi connectivity index (χ2v) is 7.59. The highest BCUT2D eigenvalue weighted by molar-refractivity contribution is 6.34. The number of phenols is 1. The average Bonchev–Trinajstić information content (AvgIpc) is 2.64. The monoisotopic (exact) mass is 431 g/mol. The number of nitrogens with zero attached hydrogens (tertiary/aromatic N) is 2. The lowest BCUT2D eigenvalue weighted by molar-refractivity contribution is -0.113. The molecule has 1 fully saturated rings. The van der Waals surface area contributed by atoms with Crippen LogP contribution in [0.15, 0.2) is 47.5 Å². The molecule has 30 heavy (non-hydrogen) atoms. The topological polar surface area (TPSA) is 98.2 Å². The molecule has 6 nitrogen and oxygen atoms in total. The predicted molar refractivity (Wildman–Crippen MR) is 108 cm³/mol. The number of primary amides is 1. The number of carbonyl (C=O) groups excluding carboxylic acids is 1. The second-order valence-electron chi connectivity index (χ2n) is 7.18. The minimum Gasteiger partial charge on any atom is -0.507 e. The SMILES string of the molecule is NC(=O)C=CC1CC(n2cnc3c(F)c(-c4c(O)cccc4F)c(Cl)cc3c2=O)C1. The second kappa shape index (κ2) is 7.53. The lowest BCUT2D eigenvalue weighted by atomic mass is 9.80. The van der Waals surface area contributed by atoms with Crippen LogP contribution in [-0.4, -0.2) is 20.6 Å². The summed E-state index contributed by atoms with van der Waals surface area (Å²) in [5.41, 5.74) is 3.58. The fourth-order valence-electron chi connectivity index (χ4n) is 3.70. The van der Waals surface area contributed by atoms with Gasteiger partial charge in [-0.05, 0) is 43.0 Å². The Labute approximate surface area is 174 Å². The standard InChI is InChI=1S/C21H16ClF2N3O3/c22-13-8-12-20(19(24)17(13)18-14(23)2-1-3-15(18)28)26-9-27(21(12)30)11-6-10(7-11)4-5-16(25)29/h1-5,8-11,28H,6-7H2,(H2,25,29). The summed E-state index contributed by atoms with van der Waals surface area (Å²) in [7, 11) is 0. The summed E-state index contributed by atoms with van der Waals surface area (Å²) in [4.78, 5) is 27.8. The number of hydrogen-bond acceptors (Lipinski definition) is 4. The van der Waals surface area contributed by atoms with Crippen molar-refractivity contribution in [1.82, 2.24) is 9.55 Å². The summed E-state index contributed by atoms with van der Waals surface area (Å²) in [6.07, 6.45) is 5.44. The molecule has 0 radical (unpaired) electrons. The van der Waals surface area contributed by atoms with E-state index in [9.17, 15) is 19.1 Å². The van der Waals surface area contributed by atoms with Crippen LogP contribution in [0.3, 0.4) is 0 Å². The third kappa shape index (κ3) is 3.33. The molecule has 1 aliphatic carbocycles. The van der Waals surface area contributed by atoms with Crippen LogP contribution in [0.5, 0.6) is 5.75 Å². The summed E-state index contributed by atoms with van der Waals surface area (Å²) < 4.78 is 30.8. The molecule has 1 aliphatic rings. The number of fused-ring (bicyclic) bond motifs is 1. The van der Waals surface area contributed by atoms with Gasteiger partial charge in [-0.3, -0.25) is 14.2 Å². The predicted octanol–water partition coefficient (Wildman–Crippen LogP) is 3.69. The van der Waals surface area contributed by atoms with Crippen LogP contribution < -0.4 is 11.3 Å². The molecule has 154 valence electrons. The number of nitrogens with two attached hydrogens (primary N) is 1. The number of allylic oxidation sites excluding steroid dienone is 1. The van der Waals surface area contributed by atoms with E-state index in [1.54, 1.807) is 6.08 Å². The number of halogens is 3. The Balaban J connectivity index is 1.76. The van der Waals surface area contributed by atoms with Crippen LogP contribution >= 0.6 is 11.6 Å². The summed E-state index contributed by atoms with van der Waals surface area (Å²) in [6.45, 7) is 0. The quantitative estimate of drug-likeness (QED) is 0.615. The van der Waals surface area contributed by atoms with E-state index in [4.69, 9.17) is 17.3 Å². The molecule has 3 N–H and O–H groups in total. The fraction of sp³-hybridized carbons (Fsp3) is 0.190. The molecule has 0 saturated heterocycles. The van der Waals surface area contributed by atoms with Gasteiger partial charge < -0.3 is 10.8 Å². The first kappa shape index (κ1) is 20.0. The molecule has 1 amide bonds. The van der Waals surface area contributed by atoms with E-state index in [1.165, 1.54) is 35.2 Å². The largest absolute Gasteiger partial charge is 0.507 e. The normalized spacial score (nSPS) is 18.6. The molecular formula is C21H16ClF2N3O3. The zero-order chi connectivity index (χ0) is 21.6. The first-order chi connectivity index (χ1) is 14.3. The molecule has 0 unspecified atom stereocenters. The first-order valence-electron chi connectivity index (χ1n) is 9.12. The Morgan fingerprint density at radius 2 is 2.03 bits per heavy atom. The van der Waals surface area contributed by atoms with Crippen molar-refractivity contribution in [3.05, 3.63) is 69.8 Å². The van der Waals surface area contributed by atoms with Gasteiger partial charge in [0.2, 0.25) is 5.91 Å². The number of aromatic hydroxyl groups is 1. The van der Waals surface area contributed by atoms with Crippen molar-refractivity contribution < 1.29 is 18.7 Å². The lowest BCUT2D eigenvalue weighted by Crippen LogP contribution is -2.33. The minimum absolute atomic E-state index is 0.0456. The summed E-state index contributed by atoms with van der Waals surface area (Å²) in [5, 5.41) is 9.73. The van der Waals surface area contributed by atoms with E-state index in [-0.39, 0.29) is 33.4 Å². The van der Waals surface area contributed by atoms with Crippen LogP contribution in [0.25, 0.3) is 22.0 Å². The number of amides is 1. The molecule has 1 aromatic heterocycles. The smallest absolute Gasteiger partial charge is 0.261 e. The van der Waals surface area contributed by atoms with Crippen LogP contribution in [0.2, 0.25) is 5.02 Å². The third-order valence-corrected chi connectivity index (χ3v) is 5.58.